The molecule has 3 N–H and O–H groups in total. The van der Waals surface area contributed by atoms with Crippen molar-refractivity contribution in [3.8, 4) is 0 Å². The normalized spacial score (nSPS) is 20.9. The molecular weight excluding hydrogens is 356 g/mol. The zero-order valence-electron chi connectivity index (χ0n) is 15.7. The van der Waals surface area contributed by atoms with Crippen LogP contribution in [0.5, 0.6) is 0 Å². The lowest BCUT2D eigenvalue weighted by molar-refractivity contribution is 0.193. The number of nitrogen functional groups attached to an aromatic ring is 1. The molecule has 0 amide bonds. The largest absolute Gasteiger partial charge is 0.381 e. The number of H-pyrrole nitrogens is 1. The maximum Gasteiger partial charge on any atom is 0.326 e. The molecule has 3 aromatic rings. The molecule has 2 fully saturated rings. The van der Waals surface area contributed by atoms with Crippen LogP contribution in [0.2, 0.25) is 0 Å². The number of hydrogen-bond acceptors (Lipinski definition) is 6. The second kappa shape index (κ2) is 6.94. The summed E-state index contributed by atoms with van der Waals surface area (Å²) in [6.07, 6.45) is 2.74. The summed E-state index contributed by atoms with van der Waals surface area (Å²) in [7, 11) is 0. The number of nitrogens with one attached hydrogen (secondary N) is 1. The van der Waals surface area contributed by atoms with Gasteiger partial charge in [0.15, 0.2) is 0 Å². The molecule has 146 valence electrons. The smallest absolute Gasteiger partial charge is 0.326 e. The van der Waals surface area contributed by atoms with Crippen LogP contribution >= 0.6 is 0 Å². The quantitative estimate of drug-likeness (QED) is 0.721. The molecule has 0 spiro atoms. The van der Waals surface area contributed by atoms with Crippen molar-refractivity contribution in [2.24, 2.45) is 0 Å². The number of benzene rings is 1. The van der Waals surface area contributed by atoms with Crippen molar-refractivity contribution in [3.05, 3.63) is 46.5 Å². The number of nitrogens with zero attached hydrogens (tertiary/aromatic N) is 4. The van der Waals surface area contributed by atoms with E-state index in [2.05, 4.69) is 19.9 Å². The van der Waals surface area contributed by atoms with Crippen molar-refractivity contribution < 1.29 is 4.74 Å². The highest BCUT2D eigenvalue weighted by Crippen LogP contribution is 2.30. The van der Waals surface area contributed by atoms with Crippen molar-refractivity contribution in [2.75, 3.05) is 36.9 Å². The molecular formula is C20H24N6O2. The highest BCUT2D eigenvalue weighted by Gasteiger charge is 2.26. The molecule has 2 saturated heterocycles. The number of imidazole rings is 1. The lowest BCUT2D eigenvalue weighted by atomic mass is 10.0. The Morgan fingerprint density at radius 2 is 1.96 bits per heavy atom. The predicted molar refractivity (Wildman–Crippen MR) is 108 cm³/mol. The summed E-state index contributed by atoms with van der Waals surface area (Å²) in [5, 5.41) is 0. The third-order valence-corrected chi connectivity index (χ3v) is 5.88. The van der Waals surface area contributed by atoms with E-state index in [0.29, 0.717) is 18.5 Å². The average molecular weight is 380 g/mol. The van der Waals surface area contributed by atoms with Crippen molar-refractivity contribution in [1.29, 1.82) is 0 Å². The molecule has 0 radical (unpaired) electrons. The highest BCUT2D eigenvalue weighted by atomic mass is 16.5. The average Bonchev–Trinajstić information content (AvgIpc) is 3.35. The zero-order chi connectivity index (χ0) is 19.1. The van der Waals surface area contributed by atoms with Crippen molar-refractivity contribution in [1.82, 2.24) is 19.5 Å². The molecule has 8 heteroatoms. The van der Waals surface area contributed by atoms with E-state index < -0.39 is 0 Å². The summed E-state index contributed by atoms with van der Waals surface area (Å²) in [6, 6.07) is 10.1. The Morgan fingerprint density at radius 3 is 2.75 bits per heavy atom. The predicted octanol–water partition coefficient (Wildman–Crippen LogP) is 2.05. The van der Waals surface area contributed by atoms with Crippen LogP contribution in [0.1, 0.15) is 36.9 Å². The van der Waals surface area contributed by atoms with Crippen LogP contribution in [-0.4, -0.2) is 45.8 Å². The fourth-order valence-corrected chi connectivity index (χ4v) is 4.40. The van der Waals surface area contributed by atoms with Gasteiger partial charge in [0.1, 0.15) is 5.82 Å². The minimum absolute atomic E-state index is 0.0329. The Bertz CT molecular complexity index is 1040. The van der Waals surface area contributed by atoms with Crippen LogP contribution in [0.25, 0.3) is 11.0 Å². The van der Waals surface area contributed by atoms with E-state index in [1.165, 1.54) is 0 Å². The van der Waals surface area contributed by atoms with Gasteiger partial charge in [-0.05, 0) is 31.4 Å². The van der Waals surface area contributed by atoms with E-state index >= 15 is 0 Å². The molecule has 1 atom stereocenters. The van der Waals surface area contributed by atoms with Gasteiger partial charge >= 0.3 is 5.69 Å². The molecule has 2 aliphatic rings. The van der Waals surface area contributed by atoms with E-state index in [4.69, 9.17) is 10.5 Å². The van der Waals surface area contributed by atoms with Gasteiger partial charge in [-0.3, -0.25) is 4.57 Å². The van der Waals surface area contributed by atoms with Crippen molar-refractivity contribution in [2.45, 2.75) is 31.2 Å². The number of hydrogen-bond donors (Lipinski definition) is 2. The number of nitrogens with two attached hydrogens (primary N) is 1. The van der Waals surface area contributed by atoms with Crippen LogP contribution in [0.15, 0.2) is 35.1 Å². The number of piperidine rings is 1. The molecule has 0 bridgehead atoms. The summed E-state index contributed by atoms with van der Waals surface area (Å²) in [5.74, 6) is 1.49. The molecule has 2 aromatic heterocycles. The number of aromatic nitrogens is 4. The first-order valence-electron chi connectivity index (χ1n) is 9.85. The van der Waals surface area contributed by atoms with E-state index in [9.17, 15) is 4.79 Å². The standard InChI is InChI=1S/C20H24N6O2/c21-19-22-16(13-7-10-28-12-13)11-18(24-19)25-8-5-14(6-9-25)26-17-4-2-1-3-15(17)23-20(26)27/h1-4,11,13-14H,5-10,12H2,(H,23,27)(H2,21,22,24). The Morgan fingerprint density at radius 1 is 1.14 bits per heavy atom. The molecule has 2 aliphatic heterocycles. The molecule has 28 heavy (non-hydrogen) atoms. The van der Waals surface area contributed by atoms with Gasteiger partial charge in [-0.25, -0.2) is 9.78 Å². The van der Waals surface area contributed by atoms with Crippen LogP contribution < -0.4 is 16.3 Å². The van der Waals surface area contributed by atoms with Crippen molar-refractivity contribution in [3.63, 3.8) is 0 Å². The second-order valence-electron chi connectivity index (χ2n) is 7.61. The first kappa shape index (κ1) is 17.2. The minimum Gasteiger partial charge on any atom is -0.381 e. The summed E-state index contributed by atoms with van der Waals surface area (Å²) in [5.41, 5.74) is 8.78. The summed E-state index contributed by atoms with van der Waals surface area (Å²) >= 11 is 0. The third kappa shape index (κ3) is 3.03. The first-order chi connectivity index (χ1) is 13.7. The summed E-state index contributed by atoms with van der Waals surface area (Å²) in [6.45, 7) is 3.12. The molecule has 8 nitrogen and oxygen atoms in total. The van der Waals surface area contributed by atoms with Gasteiger partial charge in [-0.2, -0.15) is 4.98 Å². The van der Waals surface area contributed by atoms with E-state index in [1.54, 1.807) is 0 Å². The molecule has 5 rings (SSSR count). The van der Waals surface area contributed by atoms with E-state index in [0.717, 1.165) is 61.5 Å². The number of anilines is 2. The monoisotopic (exact) mass is 380 g/mol. The fourth-order valence-electron chi connectivity index (χ4n) is 4.40. The van der Waals surface area contributed by atoms with Gasteiger partial charge in [-0.15, -0.1) is 0 Å². The first-order valence-corrected chi connectivity index (χ1v) is 9.85. The maximum atomic E-state index is 12.5. The maximum absolute atomic E-state index is 12.5. The summed E-state index contributed by atoms with van der Waals surface area (Å²) < 4.78 is 7.39. The SMILES string of the molecule is Nc1nc(C2CCOC2)cc(N2CCC(n3c(=O)[nH]c4ccccc43)CC2)n1. The number of aromatic amines is 1. The molecule has 0 saturated carbocycles. The fraction of sp³-hybridized carbons (Fsp3) is 0.450. The zero-order valence-corrected chi connectivity index (χ0v) is 15.7. The van der Waals surface area contributed by atoms with Crippen LogP contribution in [0.4, 0.5) is 11.8 Å². The van der Waals surface area contributed by atoms with Crippen LogP contribution in [0, 0.1) is 0 Å². The van der Waals surface area contributed by atoms with Crippen LogP contribution in [0.3, 0.4) is 0 Å². The van der Waals surface area contributed by atoms with Crippen molar-refractivity contribution >= 4 is 22.8 Å². The lowest BCUT2D eigenvalue weighted by Crippen LogP contribution is -2.37. The molecule has 1 unspecified atom stereocenters. The molecule has 1 aromatic carbocycles. The van der Waals surface area contributed by atoms with E-state index in [1.807, 2.05) is 34.9 Å². The molecule has 0 aliphatic carbocycles. The Labute approximate surface area is 162 Å². The summed E-state index contributed by atoms with van der Waals surface area (Å²) in [4.78, 5) is 26.6. The van der Waals surface area contributed by atoms with E-state index in [-0.39, 0.29) is 11.7 Å². The van der Waals surface area contributed by atoms with Gasteiger partial charge in [-0.1, -0.05) is 12.1 Å². The molecule has 4 heterocycles. The van der Waals surface area contributed by atoms with Gasteiger partial charge in [0.25, 0.3) is 0 Å². The number of fused-ring (bicyclic) bond motifs is 1. The minimum atomic E-state index is -0.0329. The Balaban J connectivity index is 1.36. The topological polar surface area (TPSA) is 102 Å². The highest BCUT2D eigenvalue weighted by molar-refractivity contribution is 5.75. The van der Waals surface area contributed by atoms with Crippen LogP contribution in [-0.2, 0) is 4.74 Å². The number of para-hydroxylation sites is 2. The number of ether oxygens (including phenoxy) is 1. The third-order valence-electron chi connectivity index (χ3n) is 5.88. The lowest BCUT2D eigenvalue weighted by Gasteiger charge is -2.33. The van der Waals surface area contributed by atoms with Gasteiger partial charge in [0.2, 0.25) is 5.95 Å². The number of rotatable bonds is 3. The van der Waals surface area contributed by atoms with Gasteiger partial charge in [0, 0.05) is 37.7 Å². The van der Waals surface area contributed by atoms with Gasteiger partial charge in [0.05, 0.1) is 23.3 Å². The Hall–Kier alpha value is -2.87. The Kier molecular flexibility index (Phi) is 4.27. The second-order valence-corrected chi connectivity index (χ2v) is 7.61. The van der Waals surface area contributed by atoms with Gasteiger partial charge < -0.3 is 20.4 Å².